The fourth-order valence-corrected chi connectivity index (χ4v) is 3.66. The van der Waals surface area contributed by atoms with Crippen molar-refractivity contribution in [2.75, 3.05) is 19.6 Å². The van der Waals surface area contributed by atoms with Crippen LogP contribution < -0.4 is 5.32 Å². The molecular weight excluding hydrogens is 318 g/mol. The molecule has 1 aliphatic heterocycles. The Morgan fingerprint density at radius 3 is 2.64 bits per heavy atom. The summed E-state index contributed by atoms with van der Waals surface area (Å²) in [4.78, 5) is 31.8. The van der Waals surface area contributed by atoms with Crippen LogP contribution in [-0.4, -0.2) is 54.3 Å². The highest BCUT2D eigenvalue weighted by molar-refractivity contribution is 7.89. The topological polar surface area (TPSA) is 147 Å². The highest BCUT2D eigenvalue weighted by Crippen LogP contribution is 2.28. The number of benzene rings is 1. The molecule has 1 aliphatic rings. The van der Waals surface area contributed by atoms with Crippen LogP contribution in [0.15, 0.2) is 23.1 Å². The van der Waals surface area contributed by atoms with E-state index in [0.29, 0.717) is 0 Å². The number of aromatic carboxylic acids is 1. The van der Waals surface area contributed by atoms with Gasteiger partial charge < -0.3 is 10.4 Å². The Morgan fingerprint density at radius 2 is 2.09 bits per heavy atom. The lowest BCUT2D eigenvalue weighted by molar-refractivity contribution is -0.385. The van der Waals surface area contributed by atoms with Crippen LogP contribution in [0, 0.1) is 10.1 Å². The normalized spacial score (nSPS) is 16.1. The first-order valence-corrected chi connectivity index (χ1v) is 7.46. The van der Waals surface area contributed by atoms with E-state index in [9.17, 15) is 28.1 Å². The number of amides is 1. The maximum atomic E-state index is 12.5. The molecule has 0 aromatic heterocycles. The lowest BCUT2D eigenvalue weighted by Crippen LogP contribution is -2.50. The summed E-state index contributed by atoms with van der Waals surface area (Å²) in [7, 11) is -4.34. The first-order valence-electron chi connectivity index (χ1n) is 6.02. The largest absolute Gasteiger partial charge is 0.477 e. The molecule has 22 heavy (non-hydrogen) atoms. The Balaban J connectivity index is 2.60. The Bertz CT molecular complexity index is 759. The fraction of sp³-hybridized carbons (Fsp3) is 0.273. The van der Waals surface area contributed by atoms with Crippen LogP contribution >= 0.6 is 0 Å². The predicted octanol–water partition coefficient (Wildman–Crippen LogP) is -0.587. The average Bonchev–Trinajstić information content (AvgIpc) is 2.46. The summed E-state index contributed by atoms with van der Waals surface area (Å²) in [6.45, 7) is -0.435. The van der Waals surface area contributed by atoms with Crippen molar-refractivity contribution < 1.29 is 28.0 Å². The van der Waals surface area contributed by atoms with E-state index >= 15 is 0 Å². The summed E-state index contributed by atoms with van der Waals surface area (Å²) in [5, 5.41) is 22.5. The molecule has 0 saturated carbocycles. The van der Waals surface area contributed by atoms with E-state index in [-0.39, 0.29) is 13.1 Å². The van der Waals surface area contributed by atoms with Crippen molar-refractivity contribution in [2.24, 2.45) is 0 Å². The fourth-order valence-electron chi connectivity index (χ4n) is 2.06. The quantitative estimate of drug-likeness (QED) is 0.554. The van der Waals surface area contributed by atoms with Gasteiger partial charge >= 0.3 is 5.97 Å². The van der Waals surface area contributed by atoms with Crippen molar-refractivity contribution in [1.29, 1.82) is 0 Å². The van der Waals surface area contributed by atoms with Gasteiger partial charge in [0.05, 0.1) is 11.5 Å². The molecule has 1 aromatic rings. The van der Waals surface area contributed by atoms with E-state index in [1.807, 2.05) is 0 Å². The molecule has 1 aromatic carbocycles. The van der Waals surface area contributed by atoms with Crippen LogP contribution in [-0.2, 0) is 14.8 Å². The molecule has 0 spiro atoms. The second kappa shape index (κ2) is 5.69. The highest BCUT2D eigenvalue weighted by Gasteiger charge is 2.35. The van der Waals surface area contributed by atoms with E-state index < -0.39 is 49.5 Å². The summed E-state index contributed by atoms with van der Waals surface area (Å²) in [6.07, 6.45) is 0. The van der Waals surface area contributed by atoms with Gasteiger partial charge in [-0.1, -0.05) is 6.07 Å². The lowest BCUT2D eigenvalue weighted by atomic mass is 10.2. The number of rotatable bonds is 4. The Morgan fingerprint density at radius 1 is 1.41 bits per heavy atom. The monoisotopic (exact) mass is 329 g/mol. The minimum Gasteiger partial charge on any atom is -0.477 e. The summed E-state index contributed by atoms with van der Waals surface area (Å²) >= 11 is 0. The van der Waals surface area contributed by atoms with Gasteiger partial charge in [-0.3, -0.25) is 14.9 Å². The van der Waals surface area contributed by atoms with Crippen molar-refractivity contribution in [1.82, 2.24) is 9.62 Å². The van der Waals surface area contributed by atoms with Crippen LogP contribution in [0.4, 0.5) is 5.69 Å². The minimum atomic E-state index is -4.34. The first kappa shape index (κ1) is 15.9. The van der Waals surface area contributed by atoms with E-state index in [2.05, 4.69) is 5.32 Å². The third kappa shape index (κ3) is 2.76. The van der Waals surface area contributed by atoms with Crippen LogP contribution in [0.5, 0.6) is 0 Å². The number of carbonyl (C=O) groups excluding carboxylic acids is 1. The van der Waals surface area contributed by atoms with Gasteiger partial charge in [-0.15, -0.1) is 0 Å². The number of nitrogens with zero attached hydrogens (tertiary/aromatic N) is 2. The van der Waals surface area contributed by atoms with Crippen LogP contribution in [0.25, 0.3) is 0 Å². The predicted molar refractivity (Wildman–Crippen MR) is 71.8 cm³/mol. The maximum Gasteiger partial charge on any atom is 0.344 e. The van der Waals surface area contributed by atoms with Crippen molar-refractivity contribution in [3.8, 4) is 0 Å². The molecule has 0 atom stereocenters. The maximum absolute atomic E-state index is 12.5. The van der Waals surface area contributed by atoms with Gasteiger partial charge in [-0.2, -0.15) is 4.31 Å². The van der Waals surface area contributed by atoms with Gasteiger partial charge in [0.2, 0.25) is 15.9 Å². The molecule has 0 unspecified atom stereocenters. The van der Waals surface area contributed by atoms with E-state index in [4.69, 9.17) is 5.11 Å². The van der Waals surface area contributed by atoms with Crippen molar-refractivity contribution in [3.05, 3.63) is 33.9 Å². The number of piperazine rings is 1. The molecule has 0 bridgehead atoms. The van der Waals surface area contributed by atoms with Gasteiger partial charge in [0.25, 0.3) is 5.69 Å². The molecule has 2 rings (SSSR count). The highest BCUT2D eigenvalue weighted by atomic mass is 32.2. The number of hydrogen-bond acceptors (Lipinski definition) is 6. The van der Waals surface area contributed by atoms with Crippen molar-refractivity contribution >= 4 is 27.6 Å². The second-order valence-corrected chi connectivity index (χ2v) is 6.31. The van der Waals surface area contributed by atoms with Crippen LogP contribution in [0.3, 0.4) is 0 Å². The van der Waals surface area contributed by atoms with Gasteiger partial charge in [0.15, 0.2) is 5.56 Å². The zero-order valence-corrected chi connectivity index (χ0v) is 11.9. The Hall–Kier alpha value is -2.53. The second-order valence-electron chi connectivity index (χ2n) is 4.40. The van der Waals surface area contributed by atoms with E-state index in [1.54, 1.807) is 0 Å². The number of carboxylic acids is 1. The average molecular weight is 329 g/mol. The van der Waals surface area contributed by atoms with Gasteiger partial charge in [0, 0.05) is 19.2 Å². The number of carboxylic acid groups (broad SMARTS) is 1. The zero-order valence-electron chi connectivity index (χ0n) is 11.1. The molecule has 1 saturated heterocycles. The van der Waals surface area contributed by atoms with Crippen molar-refractivity contribution in [2.45, 2.75) is 4.90 Å². The molecule has 11 heteroatoms. The minimum absolute atomic E-state index is 0.0458. The molecule has 118 valence electrons. The molecule has 10 nitrogen and oxygen atoms in total. The zero-order chi connectivity index (χ0) is 16.5. The van der Waals surface area contributed by atoms with E-state index in [1.165, 1.54) is 0 Å². The number of carbonyl (C=O) groups is 2. The SMILES string of the molecule is O=C1CN(S(=O)(=O)c2cccc([N+](=O)[O-])c2C(=O)O)CCN1. The van der Waals surface area contributed by atoms with Crippen molar-refractivity contribution in [3.63, 3.8) is 0 Å². The third-order valence-electron chi connectivity index (χ3n) is 3.04. The van der Waals surface area contributed by atoms with Crippen LogP contribution in [0.2, 0.25) is 0 Å². The standard InChI is InChI=1S/C11H11N3O7S/c15-9-6-13(5-4-12-9)22(20,21)8-3-1-2-7(14(18)19)10(8)11(16)17/h1-3H,4-6H2,(H,12,15)(H,16,17). The molecular formula is C11H11N3O7S. The summed E-state index contributed by atoms with van der Waals surface area (Å²) in [5.74, 6) is -2.26. The summed E-state index contributed by atoms with van der Waals surface area (Å²) in [6, 6.07) is 2.96. The van der Waals surface area contributed by atoms with Gasteiger partial charge in [0.1, 0.15) is 4.90 Å². The van der Waals surface area contributed by atoms with Gasteiger partial charge in [-0.25, -0.2) is 13.2 Å². The molecule has 1 heterocycles. The van der Waals surface area contributed by atoms with E-state index in [0.717, 1.165) is 22.5 Å². The number of nitro groups is 1. The third-order valence-corrected chi connectivity index (χ3v) is 4.92. The Kier molecular flexibility index (Phi) is 4.10. The smallest absolute Gasteiger partial charge is 0.344 e. The van der Waals surface area contributed by atoms with Gasteiger partial charge in [-0.05, 0) is 6.07 Å². The first-order chi connectivity index (χ1) is 10.2. The number of nitrogens with one attached hydrogen (secondary N) is 1. The molecule has 1 amide bonds. The summed E-state index contributed by atoms with van der Waals surface area (Å²) < 4.78 is 25.8. The van der Waals surface area contributed by atoms with Crippen LogP contribution in [0.1, 0.15) is 10.4 Å². The summed E-state index contributed by atoms with van der Waals surface area (Å²) in [5.41, 5.74) is -1.74. The molecule has 2 N–H and O–H groups in total. The number of nitro benzene ring substituents is 1. The number of hydrogen-bond donors (Lipinski definition) is 2. The number of sulfonamides is 1. The Labute approximate surface area is 124 Å². The molecule has 0 radical (unpaired) electrons. The molecule has 1 fully saturated rings. The lowest BCUT2D eigenvalue weighted by Gasteiger charge is -2.26. The molecule has 0 aliphatic carbocycles.